The molecule has 2 aromatic rings. The molecule has 2 amide bonds. The number of rotatable bonds is 5. The number of amides is 2. The fraction of sp³-hybridized carbons (Fsp3) is 0.654. The molecule has 6 rings (SSSR count). The molecule has 10 nitrogen and oxygen atoms in total. The first-order chi connectivity index (χ1) is 17.6. The topological polar surface area (TPSA) is 110 Å². The molecule has 0 spiro atoms. The smallest absolute Gasteiger partial charge is 0.245 e. The van der Waals surface area contributed by atoms with Crippen molar-refractivity contribution >= 4 is 29.5 Å². The first-order valence-corrected chi connectivity index (χ1v) is 13.6. The Balaban J connectivity index is 1.23. The Bertz CT molecular complexity index is 1140. The summed E-state index contributed by atoms with van der Waals surface area (Å²) in [4.78, 5) is 49.0. The van der Waals surface area contributed by atoms with E-state index in [-0.39, 0.29) is 24.4 Å². The summed E-state index contributed by atoms with van der Waals surface area (Å²) in [5.41, 5.74) is 3.42. The molecule has 10 heteroatoms. The number of fused-ring (bicyclic) bond motifs is 1. The third-order valence-electron chi connectivity index (χ3n) is 8.36. The van der Waals surface area contributed by atoms with E-state index in [1.807, 2.05) is 11.1 Å². The number of H-pyrrole nitrogens is 1. The van der Waals surface area contributed by atoms with Crippen LogP contribution in [0.5, 0.6) is 0 Å². The largest absolute Gasteiger partial charge is 0.342 e. The Labute approximate surface area is 211 Å². The van der Waals surface area contributed by atoms with Crippen LogP contribution in [0.1, 0.15) is 74.2 Å². The fourth-order valence-electron chi connectivity index (χ4n) is 6.20. The molecule has 36 heavy (non-hydrogen) atoms. The third-order valence-corrected chi connectivity index (χ3v) is 8.36. The second-order valence-corrected chi connectivity index (χ2v) is 10.7. The molecule has 2 saturated heterocycles. The van der Waals surface area contributed by atoms with Gasteiger partial charge in [0.1, 0.15) is 11.9 Å². The van der Waals surface area contributed by atoms with Crippen molar-refractivity contribution in [2.24, 2.45) is 0 Å². The molecule has 4 heterocycles. The number of likely N-dealkylation sites (N-methyl/N-ethyl adjacent to an activating group) is 1. The van der Waals surface area contributed by atoms with E-state index in [0.717, 1.165) is 61.7 Å². The molecule has 2 aliphatic carbocycles. The van der Waals surface area contributed by atoms with E-state index in [9.17, 15) is 9.59 Å². The number of aromatic nitrogens is 4. The number of piperazine rings is 1. The quantitative estimate of drug-likeness (QED) is 0.660. The SMILES string of the molecule is CN1CCN(C(=O)[C@@H]2CCCN2c2nc3c(c(Nc4ncc(C5CCCCC5)[nH]4)n2)CCC3)CC1=O. The molecule has 2 aliphatic heterocycles. The van der Waals surface area contributed by atoms with Crippen molar-refractivity contribution in [2.75, 3.05) is 43.4 Å². The zero-order chi connectivity index (χ0) is 24.6. The Morgan fingerprint density at radius 3 is 2.72 bits per heavy atom. The van der Waals surface area contributed by atoms with Crippen molar-refractivity contribution in [1.29, 1.82) is 0 Å². The van der Waals surface area contributed by atoms with Crippen molar-refractivity contribution in [3.63, 3.8) is 0 Å². The maximum Gasteiger partial charge on any atom is 0.245 e. The summed E-state index contributed by atoms with van der Waals surface area (Å²) in [5, 5.41) is 3.46. The molecule has 1 atom stereocenters. The second-order valence-electron chi connectivity index (χ2n) is 10.7. The summed E-state index contributed by atoms with van der Waals surface area (Å²) in [6, 6.07) is -0.324. The average molecular weight is 493 g/mol. The highest BCUT2D eigenvalue weighted by atomic mass is 16.2. The second kappa shape index (κ2) is 9.71. The molecule has 4 aliphatic rings. The van der Waals surface area contributed by atoms with Gasteiger partial charge in [-0.25, -0.2) is 9.97 Å². The summed E-state index contributed by atoms with van der Waals surface area (Å²) in [5.74, 6) is 2.69. The van der Waals surface area contributed by atoms with E-state index in [1.165, 1.54) is 37.8 Å². The van der Waals surface area contributed by atoms with Crippen molar-refractivity contribution in [1.82, 2.24) is 29.7 Å². The van der Waals surface area contributed by atoms with Crippen LogP contribution in [-0.2, 0) is 22.4 Å². The predicted octanol–water partition coefficient (Wildman–Crippen LogP) is 2.75. The molecule has 1 saturated carbocycles. The molecule has 0 bridgehead atoms. The summed E-state index contributed by atoms with van der Waals surface area (Å²) in [7, 11) is 1.79. The van der Waals surface area contributed by atoms with Gasteiger partial charge in [0.05, 0.1) is 18.4 Å². The van der Waals surface area contributed by atoms with E-state index in [0.29, 0.717) is 25.0 Å². The number of aryl methyl sites for hydroxylation is 1. The molecule has 0 aromatic carbocycles. The summed E-state index contributed by atoms with van der Waals surface area (Å²) in [6.07, 6.45) is 12.9. The molecule has 0 unspecified atom stereocenters. The van der Waals surface area contributed by atoms with Crippen LogP contribution in [0.15, 0.2) is 6.20 Å². The Kier molecular flexibility index (Phi) is 6.27. The van der Waals surface area contributed by atoms with Crippen molar-refractivity contribution < 1.29 is 9.59 Å². The number of carbonyl (C=O) groups excluding carboxylic acids is 2. The van der Waals surface area contributed by atoms with Gasteiger partial charge < -0.3 is 25.0 Å². The Morgan fingerprint density at radius 2 is 1.89 bits per heavy atom. The molecular weight excluding hydrogens is 456 g/mol. The molecule has 2 N–H and O–H groups in total. The summed E-state index contributed by atoms with van der Waals surface area (Å²) < 4.78 is 0. The van der Waals surface area contributed by atoms with Gasteiger partial charge in [-0.15, -0.1) is 0 Å². The zero-order valence-electron chi connectivity index (χ0n) is 21.1. The third kappa shape index (κ3) is 4.41. The Hall–Kier alpha value is -3.17. The average Bonchev–Trinajstić information content (AvgIpc) is 3.66. The number of nitrogens with zero attached hydrogens (tertiary/aromatic N) is 6. The highest BCUT2D eigenvalue weighted by Crippen LogP contribution is 2.34. The highest BCUT2D eigenvalue weighted by Gasteiger charge is 2.38. The molecular formula is C26H36N8O2. The van der Waals surface area contributed by atoms with Crippen LogP contribution in [0.2, 0.25) is 0 Å². The standard InChI is InChI=1S/C26H36N8O2/c1-32-13-14-33(16-22(32)35)24(36)21-11-6-12-34(21)26-29-19-10-5-9-18(19)23(31-26)30-25-27-15-20(28-25)17-7-3-2-4-8-17/h15,17,21H,2-14,16H2,1H3,(H2,27,28,29,30,31)/t21-/m0/s1. The summed E-state index contributed by atoms with van der Waals surface area (Å²) >= 11 is 0. The summed E-state index contributed by atoms with van der Waals surface area (Å²) in [6.45, 7) is 2.04. The van der Waals surface area contributed by atoms with Gasteiger partial charge in [-0.05, 0) is 44.9 Å². The van der Waals surface area contributed by atoms with E-state index >= 15 is 0 Å². The monoisotopic (exact) mass is 492 g/mol. The minimum Gasteiger partial charge on any atom is -0.342 e. The van der Waals surface area contributed by atoms with Crippen LogP contribution in [0.25, 0.3) is 0 Å². The lowest BCUT2D eigenvalue weighted by Crippen LogP contribution is -2.55. The van der Waals surface area contributed by atoms with Gasteiger partial charge in [0.2, 0.25) is 23.7 Å². The number of anilines is 3. The predicted molar refractivity (Wildman–Crippen MR) is 136 cm³/mol. The molecule has 0 radical (unpaired) electrons. The van der Waals surface area contributed by atoms with Crippen LogP contribution in [-0.4, -0.2) is 80.8 Å². The van der Waals surface area contributed by atoms with Gasteiger partial charge >= 0.3 is 0 Å². The lowest BCUT2D eigenvalue weighted by Gasteiger charge is -2.35. The molecule has 3 fully saturated rings. The highest BCUT2D eigenvalue weighted by molar-refractivity contribution is 5.90. The van der Waals surface area contributed by atoms with Crippen molar-refractivity contribution in [3.8, 4) is 0 Å². The van der Waals surface area contributed by atoms with Crippen LogP contribution >= 0.6 is 0 Å². The van der Waals surface area contributed by atoms with Gasteiger partial charge in [-0.3, -0.25) is 9.59 Å². The van der Waals surface area contributed by atoms with E-state index in [1.54, 1.807) is 16.8 Å². The minimum atomic E-state index is -0.324. The Morgan fingerprint density at radius 1 is 1.03 bits per heavy atom. The molecule has 2 aromatic heterocycles. The maximum atomic E-state index is 13.4. The number of carbonyl (C=O) groups is 2. The zero-order valence-corrected chi connectivity index (χ0v) is 21.1. The number of aromatic amines is 1. The number of nitrogens with one attached hydrogen (secondary N) is 2. The van der Waals surface area contributed by atoms with E-state index < -0.39 is 0 Å². The first-order valence-electron chi connectivity index (χ1n) is 13.6. The van der Waals surface area contributed by atoms with E-state index in [4.69, 9.17) is 9.97 Å². The van der Waals surface area contributed by atoms with Gasteiger partial charge in [0.15, 0.2) is 0 Å². The van der Waals surface area contributed by atoms with Gasteiger partial charge in [-0.1, -0.05) is 19.3 Å². The number of hydrogen-bond donors (Lipinski definition) is 2. The lowest BCUT2D eigenvalue weighted by atomic mass is 9.87. The van der Waals surface area contributed by atoms with Gasteiger partial charge in [0, 0.05) is 43.9 Å². The number of imidazole rings is 1. The van der Waals surface area contributed by atoms with Crippen molar-refractivity contribution in [2.45, 2.75) is 76.2 Å². The van der Waals surface area contributed by atoms with Crippen LogP contribution in [0.4, 0.5) is 17.7 Å². The van der Waals surface area contributed by atoms with Crippen LogP contribution in [0.3, 0.4) is 0 Å². The van der Waals surface area contributed by atoms with Gasteiger partial charge in [0.25, 0.3) is 0 Å². The maximum absolute atomic E-state index is 13.4. The van der Waals surface area contributed by atoms with Gasteiger partial charge in [-0.2, -0.15) is 4.98 Å². The minimum absolute atomic E-state index is 0.00884. The molecule has 192 valence electrons. The normalized spacial score (nSPS) is 22.9. The first kappa shape index (κ1) is 23.2. The number of hydrogen-bond acceptors (Lipinski definition) is 7. The van der Waals surface area contributed by atoms with E-state index in [2.05, 4.69) is 15.3 Å². The van der Waals surface area contributed by atoms with Crippen molar-refractivity contribution in [3.05, 3.63) is 23.1 Å². The fourth-order valence-corrected chi connectivity index (χ4v) is 6.20. The van der Waals surface area contributed by atoms with Crippen LogP contribution < -0.4 is 10.2 Å². The lowest BCUT2D eigenvalue weighted by molar-refractivity contribution is -0.144. The van der Waals surface area contributed by atoms with Crippen LogP contribution in [0, 0.1) is 0 Å².